The van der Waals surface area contributed by atoms with Crippen molar-refractivity contribution in [3.05, 3.63) is 29.3 Å². The van der Waals surface area contributed by atoms with Crippen LogP contribution in [0.1, 0.15) is 22.3 Å². The molecule has 2 unspecified atom stereocenters. The van der Waals surface area contributed by atoms with Crippen molar-refractivity contribution >= 4 is 11.9 Å². The number of methoxy groups -OCH3 is 2. The van der Waals surface area contributed by atoms with Crippen molar-refractivity contribution in [2.24, 2.45) is 0 Å². The number of amides is 1. The highest BCUT2D eigenvalue weighted by Crippen LogP contribution is 2.25. The third-order valence-corrected chi connectivity index (χ3v) is 3.80. The van der Waals surface area contributed by atoms with Crippen LogP contribution in [-0.2, 0) is 9.53 Å². The quantitative estimate of drug-likeness (QED) is 0.906. The summed E-state index contributed by atoms with van der Waals surface area (Å²) >= 11 is 0. The summed E-state index contributed by atoms with van der Waals surface area (Å²) < 4.78 is 10.4. The first-order valence-electron chi connectivity index (χ1n) is 6.69. The lowest BCUT2D eigenvalue weighted by Gasteiger charge is -2.21. The summed E-state index contributed by atoms with van der Waals surface area (Å²) in [5.74, 6) is -0.725. The summed E-state index contributed by atoms with van der Waals surface area (Å²) in [7, 11) is 3.06. The minimum absolute atomic E-state index is 0.248. The predicted molar refractivity (Wildman–Crippen MR) is 75.6 cm³/mol. The van der Waals surface area contributed by atoms with E-state index < -0.39 is 12.0 Å². The highest BCUT2D eigenvalue weighted by atomic mass is 16.5. The Morgan fingerprint density at radius 1 is 1.33 bits per heavy atom. The Labute approximate surface area is 123 Å². The van der Waals surface area contributed by atoms with E-state index >= 15 is 0 Å². The molecular formula is C15H19NO5. The third kappa shape index (κ3) is 3.00. The molecule has 1 aliphatic rings. The van der Waals surface area contributed by atoms with Crippen LogP contribution in [0.25, 0.3) is 0 Å². The second-order valence-corrected chi connectivity index (χ2v) is 5.09. The Hall–Kier alpha value is -2.08. The van der Waals surface area contributed by atoms with Gasteiger partial charge in [-0.15, -0.1) is 0 Å². The Bertz CT molecular complexity index is 557. The lowest BCUT2D eigenvalue weighted by Crippen LogP contribution is -2.40. The van der Waals surface area contributed by atoms with E-state index in [0.29, 0.717) is 17.7 Å². The first-order chi connectivity index (χ1) is 9.97. The van der Waals surface area contributed by atoms with Crippen molar-refractivity contribution in [3.63, 3.8) is 0 Å². The zero-order valence-electron chi connectivity index (χ0n) is 12.3. The molecule has 0 aliphatic carbocycles. The standard InChI is InChI=1S/C15H19NO5/c1-9-4-5-10(6-13(9)21-3)14(17)16-8-11(20-2)7-12(16)15(18)19/h4-6,11-12H,7-8H2,1-3H3,(H,18,19). The Balaban J connectivity index is 2.27. The van der Waals surface area contributed by atoms with E-state index in [-0.39, 0.29) is 18.6 Å². The highest BCUT2D eigenvalue weighted by molar-refractivity contribution is 5.97. The Kier molecular flexibility index (Phi) is 4.47. The first-order valence-corrected chi connectivity index (χ1v) is 6.69. The molecule has 1 aromatic rings. The van der Waals surface area contributed by atoms with Gasteiger partial charge < -0.3 is 19.5 Å². The van der Waals surface area contributed by atoms with Gasteiger partial charge in [0.1, 0.15) is 11.8 Å². The summed E-state index contributed by atoms with van der Waals surface area (Å²) in [6, 6.07) is 4.25. The molecule has 1 N–H and O–H groups in total. The van der Waals surface area contributed by atoms with Crippen LogP contribution in [0.15, 0.2) is 18.2 Å². The lowest BCUT2D eigenvalue weighted by atomic mass is 10.1. The van der Waals surface area contributed by atoms with Crippen LogP contribution in [-0.4, -0.2) is 54.8 Å². The second kappa shape index (κ2) is 6.13. The fourth-order valence-corrected chi connectivity index (χ4v) is 2.55. The van der Waals surface area contributed by atoms with E-state index in [9.17, 15) is 14.7 Å². The molecule has 0 radical (unpaired) electrons. The lowest BCUT2D eigenvalue weighted by molar-refractivity contribution is -0.141. The van der Waals surface area contributed by atoms with E-state index in [1.165, 1.54) is 19.1 Å². The number of benzene rings is 1. The Morgan fingerprint density at radius 2 is 2.05 bits per heavy atom. The maximum atomic E-state index is 12.6. The number of aryl methyl sites for hydroxylation is 1. The van der Waals surface area contributed by atoms with Crippen molar-refractivity contribution < 1.29 is 24.2 Å². The van der Waals surface area contributed by atoms with E-state index in [4.69, 9.17) is 9.47 Å². The van der Waals surface area contributed by atoms with Gasteiger partial charge in [0.05, 0.1) is 13.2 Å². The SMILES string of the molecule is COc1cc(C(=O)N2CC(OC)CC2C(=O)O)ccc1C. The zero-order valence-corrected chi connectivity index (χ0v) is 12.3. The molecule has 6 nitrogen and oxygen atoms in total. The normalized spacial score (nSPS) is 21.4. The molecule has 0 aromatic heterocycles. The fraction of sp³-hybridized carbons (Fsp3) is 0.467. The summed E-state index contributed by atoms with van der Waals surface area (Å²) in [4.78, 5) is 25.2. The van der Waals surface area contributed by atoms with Crippen molar-refractivity contribution in [1.29, 1.82) is 0 Å². The first kappa shape index (κ1) is 15.3. The molecule has 1 amide bonds. The van der Waals surface area contributed by atoms with Crippen LogP contribution in [0.5, 0.6) is 5.75 Å². The van der Waals surface area contributed by atoms with Gasteiger partial charge in [-0.3, -0.25) is 4.79 Å². The maximum Gasteiger partial charge on any atom is 0.326 e. The second-order valence-electron chi connectivity index (χ2n) is 5.09. The highest BCUT2D eigenvalue weighted by Gasteiger charge is 2.40. The number of nitrogens with zero attached hydrogens (tertiary/aromatic N) is 1. The van der Waals surface area contributed by atoms with Crippen LogP contribution in [0.2, 0.25) is 0 Å². The summed E-state index contributed by atoms with van der Waals surface area (Å²) in [6.45, 7) is 2.16. The number of hydrogen-bond donors (Lipinski definition) is 1. The topological polar surface area (TPSA) is 76.1 Å². The molecule has 1 fully saturated rings. The van der Waals surface area contributed by atoms with Crippen LogP contribution >= 0.6 is 0 Å². The van der Waals surface area contributed by atoms with Crippen LogP contribution < -0.4 is 4.74 Å². The van der Waals surface area contributed by atoms with Crippen molar-refractivity contribution in [2.75, 3.05) is 20.8 Å². The number of hydrogen-bond acceptors (Lipinski definition) is 4. The smallest absolute Gasteiger partial charge is 0.326 e. The molecule has 0 bridgehead atoms. The predicted octanol–water partition coefficient (Wildman–Crippen LogP) is 1.32. The van der Waals surface area contributed by atoms with Crippen LogP contribution in [0.3, 0.4) is 0 Å². The molecular weight excluding hydrogens is 274 g/mol. The summed E-state index contributed by atoms with van der Waals surface area (Å²) in [5, 5.41) is 9.26. The van der Waals surface area contributed by atoms with Gasteiger partial charge in [0.15, 0.2) is 0 Å². The summed E-state index contributed by atoms with van der Waals surface area (Å²) in [6.07, 6.45) is 0.0583. The molecule has 1 aliphatic heterocycles. The van der Waals surface area contributed by atoms with Crippen LogP contribution in [0, 0.1) is 6.92 Å². The fourth-order valence-electron chi connectivity index (χ4n) is 2.55. The van der Waals surface area contributed by atoms with E-state index in [0.717, 1.165) is 5.56 Å². The largest absolute Gasteiger partial charge is 0.496 e. The average Bonchev–Trinajstić information content (AvgIpc) is 2.91. The van der Waals surface area contributed by atoms with E-state index in [1.54, 1.807) is 18.2 Å². The molecule has 0 spiro atoms. The molecule has 2 atom stereocenters. The molecule has 1 heterocycles. The van der Waals surface area contributed by atoms with Gasteiger partial charge in [-0.1, -0.05) is 6.07 Å². The third-order valence-electron chi connectivity index (χ3n) is 3.80. The number of ether oxygens (including phenoxy) is 2. The molecule has 1 saturated heterocycles. The Morgan fingerprint density at radius 3 is 2.62 bits per heavy atom. The number of carboxylic acids is 1. The number of carbonyl (C=O) groups excluding carboxylic acids is 1. The maximum absolute atomic E-state index is 12.6. The average molecular weight is 293 g/mol. The molecule has 0 saturated carbocycles. The van der Waals surface area contributed by atoms with E-state index in [1.807, 2.05) is 6.92 Å². The minimum Gasteiger partial charge on any atom is -0.496 e. The van der Waals surface area contributed by atoms with Gasteiger partial charge in [0, 0.05) is 25.6 Å². The molecule has 1 aromatic carbocycles. The monoisotopic (exact) mass is 293 g/mol. The number of carbonyl (C=O) groups is 2. The number of carboxylic acid groups (broad SMARTS) is 1. The van der Waals surface area contributed by atoms with Gasteiger partial charge in [0.25, 0.3) is 5.91 Å². The molecule has 21 heavy (non-hydrogen) atoms. The number of likely N-dealkylation sites (tertiary alicyclic amines) is 1. The molecule has 6 heteroatoms. The van der Waals surface area contributed by atoms with Gasteiger partial charge in [-0.25, -0.2) is 4.79 Å². The van der Waals surface area contributed by atoms with Crippen molar-refractivity contribution in [3.8, 4) is 5.75 Å². The molecule has 2 rings (SSSR count). The zero-order chi connectivity index (χ0) is 15.6. The van der Waals surface area contributed by atoms with E-state index in [2.05, 4.69) is 0 Å². The summed E-state index contributed by atoms with van der Waals surface area (Å²) in [5.41, 5.74) is 1.33. The minimum atomic E-state index is -1.01. The van der Waals surface area contributed by atoms with Gasteiger partial charge in [0.2, 0.25) is 0 Å². The number of rotatable bonds is 4. The van der Waals surface area contributed by atoms with Crippen molar-refractivity contribution in [1.82, 2.24) is 4.90 Å². The molecule has 114 valence electrons. The van der Waals surface area contributed by atoms with Gasteiger partial charge in [-0.2, -0.15) is 0 Å². The number of aliphatic carboxylic acids is 1. The van der Waals surface area contributed by atoms with Crippen molar-refractivity contribution in [2.45, 2.75) is 25.5 Å². The van der Waals surface area contributed by atoms with Gasteiger partial charge >= 0.3 is 5.97 Å². The van der Waals surface area contributed by atoms with Gasteiger partial charge in [-0.05, 0) is 24.6 Å². The van der Waals surface area contributed by atoms with Crippen LogP contribution in [0.4, 0.5) is 0 Å².